The lowest BCUT2D eigenvalue weighted by molar-refractivity contribution is 0.0736. The molecule has 30 heavy (non-hydrogen) atoms. The van der Waals surface area contributed by atoms with E-state index in [0.29, 0.717) is 35.3 Å². The van der Waals surface area contributed by atoms with Crippen molar-refractivity contribution in [2.24, 2.45) is 0 Å². The fraction of sp³-hybridized carbons (Fsp3) is 0.0833. The number of aromatic nitrogens is 2. The molecule has 4 aromatic rings. The zero-order valence-corrected chi connectivity index (χ0v) is 16.5. The summed E-state index contributed by atoms with van der Waals surface area (Å²) in [5.74, 6) is 1.21. The Morgan fingerprint density at radius 2 is 1.60 bits per heavy atom. The first-order valence-corrected chi connectivity index (χ1v) is 9.66. The number of rotatable bonds is 7. The van der Waals surface area contributed by atoms with Gasteiger partial charge in [0, 0.05) is 6.07 Å². The van der Waals surface area contributed by atoms with Crippen LogP contribution in [0.4, 0.5) is 11.5 Å². The van der Waals surface area contributed by atoms with Gasteiger partial charge in [-0.25, -0.2) is 9.48 Å². The van der Waals surface area contributed by atoms with Crippen LogP contribution in [0.3, 0.4) is 0 Å². The van der Waals surface area contributed by atoms with Crippen LogP contribution in [-0.2, 0) is 0 Å². The number of ether oxygens (including phenoxy) is 2. The van der Waals surface area contributed by atoms with E-state index in [1.165, 1.54) is 0 Å². The lowest BCUT2D eigenvalue weighted by atomic mass is 10.2. The second-order valence-corrected chi connectivity index (χ2v) is 6.42. The number of nitrogens with one attached hydrogen (secondary N) is 1. The van der Waals surface area contributed by atoms with Gasteiger partial charge in [0.25, 0.3) is 0 Å². The zero-order valence-electron chi connectivity index (χ0n) is 16.5. The van der Waals surface area contributed by atoms with Crippen molar-refractivity contribution in [3.8, 4) is 17.3 Å². The normalized spacial score (nSPS) is 10.4. The third-order valence-electron chi connectivity index (χ3n) is 4.34. The van der Waals surface area contributed by atoms with Crippen LogP contribution in [0.1, 0.15) is 17.3 Å². The number of carbonyl (C=O) groups is 1. The monoisotopic (exact) mass is 399 g/mol. The van der Waals surface area contributed by atoms with Crippen molar-refractivity contribution in [2.45, 2.75) is 6.92 Å². The van der Waals surface area contributed by atoms with Crippen LogP contribution in [0.15, 0.2) is 91.0 Å². The summed E-state index contributed by atoms with van der Waals surface area (Å²) in [6, 6.07) is 27.7. The lowest BCUT2D eigenvalue weighted by Gasteiger charge is -2.13. The van der Waals surface area contributed by atoms with Crippen molar-refractivity contribution in [2.75, 3.05) is 11.9 Å². The van der Waals surface area contributed by atoms with Crippen molar-refractivity contribution < 1.29 is 14.3 Å². The van der Waals surface area contributed by atoms with Crippen molar-refractivity contribution in [3.05, 3.63) is 96.6 Å². The molecule has 0 saturated carbocycles. The van der Waals surface area contributed by atoms with Crippen molar-refractivity contribution in [3.63, 3.8) is 0 Å². The number of para-hydroxylation sites is 3. The highest BCUT2D eigenvalue weighted by Gasteiger charge is 2.17. The van der Waals surface area contributed by atoms with Gasteiger partial charge in [-0.3, -0.25) is 0 Å². The molecule has 0 unspecified atom stereocenters. The van der Waals surface area contributed by atoms with E-state index in [2.05, 4.69) is 10.4 Å². The topological polar surface area (TPSA) is 65.4 Å². The average molecular weight is 399 g/mol. The van der Waals surface area contributed by atoms with Crippen molar-refractivity contribution >= 4 is 17.5 Å². The largest absolute Gasteiger partial charge is 0.477 e. The summed E-state index contributed by atoms with van der Waals surface area (Å²) in [7, 11) is 0. The van der Waals surface area contributed by atoms with Gasteiger partial charge in [-0.15, -0.1) is 5.10 Å². The second-order valence-electron chi connectivity index (χ2n) is 6.42. The van der Waals surface area contributed by atoms with E-state index in [-0.39, 0.29) is 0 Å². The predicted molar refractivity (Wildman–Crippen MR) is 116 cm³/mol. The van der Waals surface area contributed by atoms with Gasteiger partial charge in [-0.2, -0.15) is 0 Å². The molecule has 0 bridgehead atoms. The average Bonchev–Trinajstić information content (AvgIpc) is 3.18. The summed E-state index contributed by atoms with van der Waals surface area (Å²) in [6.07, 6.45) is 0. The molecule has 0 spiro atoms. The number of nitrogens with zero attached hydrogens (tertiary/aromatic N) is 2. The molecule has 1 heterocycles. The summed E-state index contributed by atoms with van der Waals surface area (Å²) < 4.78 is 12.8. The maximum Gasteiger partial charge on any atom is 0.345 e. The van der Waals surface area contributed by atoms with Crippen molar-refractivity contribution in [1.29, 1.82) is 0 Å². The fourth-order valence-corrected chi connectivity index (χ4v) is 2.99. The smallest absolute Gasteiger partial charge is 0.345 e. The summed E-state index contributed by atoms with van der Waals surface area (Å²) in [4.78, 5) is 12.8. The maximum atomic E-state index is 12.8. The molecule has 1 aromatic heterocycles. The van der Waals surface area contributed by atoms with Crippen LogP contribution in [0.5, 0.6) is 11.6 Å². The summed E-state index contributed by atoms with van der Waals surface area (Å²) in [5.41, 5.74) is 1.90. The quantitative estimate of drug-likeness (QED) is 0.340. The van der Waals surface area contributed by atoms with E-state index in [1.54, 1.807) is 35.0 Å². The van der Waals surface area contributed by atoms with Gasteiger partial charge in [0.1, 0.15) is 11.6 Å². The van der Waals surface area contributed by atoms with Crippen LogP contribution >= 0.6 is 0 Å². The number of hydrogen-bond acceptors (Lipinski definition) is 5. The van der Waals surface area contributed by atoms with E-state index >= 15 is 0 Å². The van der Waals surface area contributed by atoms with E-state index < -0.39 is 5.97 Å². The molecule has 4 rings (SSSR count). The lowest BCUT2D eigenvalue weighted by Crippen LogP contribution is -2.12. The van der Waals surface area contributed by atoms with Gasteiger partial charge >= 0.3 is 5.97 Å². The molecule has 6 nitrogen and oxygen atoms in total. The second kappa shape index (κ2) is 8.96. The summed E-state index contributed by atoms with van der Waals surface area (Å²) in [6.45, 7) is 2.41. The van der Waals surface area contributed by atoms with Gasteiger partial charge in [0.2, 0.25) is 5.88 Å². The highest BCUT2D eigenvalue weighted by atomic mass is 16.5. The van der Waals surface area contributed by atoms with E-state index in [0.717, 1.165) is 5.69 Å². The van der Waals surface area contributed by atoms with Crippen LogP contribution in [0.2, 0.25) is 0 Å². The first-order chi connectivity index (χ1) is 14.7. The zero-order chi connectivity index (χ0) is 20.8. The Labute approximate surface area is 174 Å². The number of esters is 1. The fourth-order valence-electron chi connectivity index (χ4n) is 2.99. The molecule has 150 valence electrons. The van der Waals surface area contributed by atoms with Gasteiger partial charge in [-0.1, -0.05) is 48.5 Å². The molecule has 0 radical (unpaired) electrons. The van der Waals surface area contributed by atoms with Gasteiger partial charge < -0.3 is 14.8 Å². The van der Waals surface area contributed by atoms with Gasteiger partial charge in [0.15, 0.2) is 0 Å². The standard InChI is InChI=1S/C24H21N3O3/c1-2-29-23-17-22(27(26-23)18-11-5-3-6-12-18)25-21-16-10-9-15-20(21)24(28)30-19-13-7-4-8-14-19/h3-17,25H,2H2,1H3. The molecule has 0 atom stereocenters. The highest BCUT2D eigenvalue weighted by molar-refractivity contribution is 5.97. The Hall–Kier alpha value is -4.06. The van der Waals surface area contributed by atoms with E-state index in [1.807, 2.05) is 67.6 Å². The summed E-state index contributed by atoms with van der Waals surface area (Å²) >= 11 is 0. The molecule has 0 fully saturated rings. The van der Waals surface area contributed by atoms with Crippen LogP contribution in [0, 0.1) is 0 Å². The van der Waals surface area contributed by atoms with Crippen LogP contribution in [-0.4, -0.2) is 22.4 Å². The molecule has 1 N–H and O–H groups in total. The molecule has 0 amide bonds. The number of hydrogen-bond donors (Lipinski definition) is 1. The minimum absolute atomic E-state index is 0.417. The first kappa shape index (κ1) is 19.3. The Morgan fingerprint density at radius 1 is 0.933 bits per heavy atom. The third-order valence-corrected chi connectivity index (χ3v) is 4.34. The minimum Gasteiger partial charge on any atom is -0.477 e. The molecule has 6 heteroatoms. The molecule has 0 aliphatic carbocycles. The molecule has 0 aliphatic rings. The van der Waals surface area contributed by atoms with Crippen LogP contribution in [0.25, 0.3) is 5.69 Å². The Bertz CT molecular complexity index is 1120. The summed E-state index contributed by atoms with van der Waals surface area (Å²) in [5, 5.41) is 7.83. The molecule has 3 aromatic carbocycles. The van der Waals surface area contributed by atoms with E-state index in [9.17, 15) is 4.79 Å². The number of anilines is 2. The van der Waals surface area contributed by atoms with Crippen molar-refractivity contribution in [1.82, 2.24) is 9.78 Å². The number of carbonyl (C=O) groups excluding carboxylic acids is 1. The highest BCUT2D eigenvalue weighted by Crippen LogP contribution is 2.27. The Balaban J connectivity index is 1.66. The number of benzene rings is 3. The van der Waals surface area contributed by atoms with Gasteiger partial charge in [0.05, 0.1) is 23.5 Å². The Morgan fingerprint density at radius 3 is 2.33 bits per heavy atom. The molecular weight excluding hydrogens is 378 g/mol. The molecule has 0 aliphatic heterocycles. The SMILES string of the molecule is CCOc1cc(Nc2ccccc2C(=O)Oc2ccccc2)n(-c2ccccc2)n1. The van der Waals surface area contributed by atoms with Crippen LogP contribution < -0.4 is 14.8 Å². The predicted octanol–water partition coefficient (Wildman–Crippen LogP) is 5.23. The maximum absolute atomic E-state index is 12.8. The van der Waals surface area contributed by atoms with Gasteiger partial charge in [-0.05, 0) is 43.3 Å². The molecular formula is C24H21N3O3. The molecule has 0 saturated heterocycles. The first-order valence-electron chi connectivity index (χ1n) is 9.66. The Kier molecular flexibility index (Phi) is 5.75. The van der Waals surface area contributed by atoms with E-state index in [4.69, 9.17) is 9.47 Å². The minimum atomic E-state index is -0.444. The third kappa shape index (κ3) is 4.33.